The number of rotatable bonds is 8. The van der Waals surface area contributed by atoms with Crippen LogP contribution in [0, 0.1) is 15.9 Å². The number of benzene rings is 2. The van der Waals surface area contributed by atoms with Crippen molar-refractivity contribution < 1.29 is 14.1 Å². The van der Waals surface area contributed by atoms with Gasteiger partial charge in [-0.15, -0.1) is 0 Å². The summed E-state index contributed by atoms with van der Waals surface area (Å²) in [6.45, 7) is 5.44. The molecule has 0 aliphatic carbocycles. The summed E-state index contributed by atoms with van der Waals surface area (Å²) in [6.07, 6.45) is 3.25. The summed E-state index contributed by atoms with van der Waals surface area (Å²) in [7, 11) is 2.13. The maximum atomic E-state index is 13.5. The Morgan fingerprint density at radius 2 is 2.06 bits per heavy atom. The normalized spacial score (nSPS) is 15.3. The van der Waals surface area contributed by atoms with Crippen LogP contribution in [0.5, 0.6) is 5.75 Å². The summed E-state index contributed by atoms with van der Waals surface area (Å²) in [5.41, 5.74) is 0.815. The van der Waals surface area contributed by atoms with Crippen molar-refractivity contribution in [2.24, 2.45) is 0 Å². The monoisotopic (exact) mass is 488 g/mol. The lowest BCUT2D eigenvalue weighted by molar-refractivity contribution is -0.385. The molecular weight excluding hydrogens is 463 g/mol. The van der Waals surface area contributed by atoms with Gasteiger partial charge in [0.25, 0.3) is 0 Å². The van der Waals surface area contributed by atoms with E-state index in [2.05, 4.69) is 32.1 Å². The highest BCUT2D eigenvalue weighted by atomic mass is 35.5. The fourth-order valence-electron chi connectivity index (χ4n) is 3.93. The van der Waals surface area contributed by atoms with Gasteiger partial charge in [0.2, 0.25) is 0 Å². The van der Waals surface area contributed by atoms with Gasteiger partial charge in [0, 0.05) is 37.5 Å². The highest BCUT2D eigenvalue weighted by Gasteiger charge is 2.20. The average Bonchev–Trinajstić information content (AvgIpc) is 3.02. The summed E-state index contributed by atoms with van der Waals surface area (Å²) >= 11 is 5.85. The third-order valence-corrected chi connectivity index (χ3v) is 6.07. The number of anilines is 2. The van der Waals surface area contributed by atoms with Crippen LogP contribution in [0.2, 0.25) is 5.02 Å². The zero-order valence-electron chi connectivity index (χ0n) is 18.8. The SMILES string of the molecule is CN1CCCN(CCCOc2cc3ncnc(Nc4ccc(F)c(Cl)c4)c3cc2[N+](=O)[O-])CC1. The summed E-state index contributed by atoms with van der Waals surface area (Å²) in [6, 6.07) is 7.09. The predicted octanol–water partition coefficient (Wildman–Crippen LogP) is 4.48. The van der Waals surface area contributed by atoms with Crippen molar-refractivity contribution in [3.05, 3.63) is 57.6 Å². The number of nitro groups is 1. The molecule has 1 fully saturated rings. The minimum absolute atomic E-state index is 0.0442. The number of nitro benzene ring substituents is 1. The Bertz CT molecular complexity index is 1180. The van der Waals surface area contributed by atoms with E-state index in [0.717, 1.165) is 45.6 Å². The van der Waals surface area contributed by atoms with Gasteiger partial charge in [0.1, 0.15) is 18.0 Å². The number of aromatic nitrogens is 2. The van der Waals surface area contributed by atoms with Crippen LogP contribution in [-0.2, 0) is 0 Å². The number of ether oxygens (including phenoxy) is 1. The molecule has 0 unspecified atom stereocenters. The van der Waals surface area contributed by atoms with Crippen LogP contribution in [0.4, 0.5) is 21.6 Å². The molecule has 1 saturated heterocycles. The molecule has 180 valence electrons. The number of hydrogen-bond acceptors (Lipinski definition) is 8. The Kier molecular flexibility index (Phi) is 7.71. The zero-order valence-corrected chi connectivity index (χ0v) is 19.6. The maximum absolute atomic E-state index is 13.5. The summed E-state index contributed by atoms with van der Waals surface area (Å²) in [4.78, 5) is 24.4. The molecular formula is C23H26ClFN6O3. The standard InChI is InChI=1S/C23H26ClFN6O3/c1-29-6-2-7-30(10-9-29)8-3-11-34-22-14-20-17(13-21(22)31(32)33)23(27-15-26-20)28-16-4-5-19(25)18(24)12-16/h4-5,12-15H,2-3,6-11H2,1H3,(H,26,27,28). The van der Waals surface area contributed by atoms with Crippen LogP contribution >= 0.6 is 11.6 Å². The quantitative estimate of drug-likeness (QED) is 0.281. The summed E-state index contributed by atoms with van der Waals surface area (Å²) in [5, 5.41) is 15.2. The molecule has 0 bridgehead atoms. The molecule has 1 N–H and O–H groups in total. The topological polar surface area (TPSA) is 96.7 Å². The molecule has 11 heteroatoms. The Balaban J connectivity index is 1.48. The van der Waals surface area contributed by atoms with Crippen LogP contribution < -0.4 is 10.1 Å². The van der Waals surface area contributed by atoms with Gasteiger partial charge in [-0.1, -0.05) is 11.6 Å². The Morgan fingerprint density at radius 3 is 2.85 bits per heavy atom. The third-order valence-electron chi connectivity index (χ3n) is 5.78. The van der Waals surface area contributed by atoms with E-state index >= 15 is 0 Å². The molecule has 1 aromatic heterocycles. The van der Waals surface area contributed by atoms with Gasteiger partial charge in [0.05, 0.1) is 27.5 Å². The predicted molar refractivity (Wildman–Crippen MR) is 130 cm³/mol. The third kappa shape index (κ3) is 5.88. The van der Waals surface area contributed by atoms with Gasteiger partial charge in [-0.05, 0) is 51.2 Å². The molecule has 0 spiro atoms. The lowest BCUT2D eigenvalue weighted by Crippen LogP contribution is -2.30. The van der Waals surface area contributed by atoms with Gasteiger partial charge in [-0.25, -0.2) is 14.4 Å². The number of fused-ring (bicyclic) bond motifs is 1. The molecule has 34 heavy (non-hydrogen) atoms. The second-order valence-corrected chi connectivity index (χ2v) is 8.68. The van der Waals surface area contributed by atoms with Gasteiger partial charge in [0.15, 0.2) is 5.75 Å². The van der Waals surface area contributed by atoms with Gasteiger partial charge in [-0.3, -0.25) is 10.1 Å². The molecule has 0 saturated carbocycles. The van der Waals surface area contributed by atoms with Crippen LogP contribution in [0.25, 0.3) is 10.9 Å². The van der Waals surface area contributed by atoms with Crippen molar-refractivity contribution in [1.29, 1.82) is 0 Å². The number of hydrogen-bond donors (Lipinski definition) is 1. The van der Waals surface area contributed by atoms with Crippen molar-refractivity contribution in [2.45, 2.75) is 12.8 Å². The molecule has 1 aliphatic rings. The van der Waals surface area contributed by atoms with Gasteiger partial charge in [-0.2, -0.15) is 0 Å². The fraction of sp³-hybridized carbons (Fsp3) is 0.391. The van der Waals surface area contributed by atoms with E-state index in [0.29, 0.717) is 29.0 Å². The van der Waals surface area contributed by atoms with Crippen molar-refractivity contribution in [3.63, 3.8) is 0 Å². The summed E-state index contributed by atoms with van der Waals surface area (Å²) < 4.78 is 19.3. The van der Waals surface area contributed by atoms with Crippen LogP contribution in [-0.4, -0.2) is 71.1 Å². The molecule has 0 radical (unpaired) electrons. The lowest BCUT2D eigenvalue weighted by atomic mass is 10.2. The first-order valence-corrected chi connectivity index (χ1v) is 11.5. The van der Waals surface area contributed by atoms with E-state index in [1.165, 1.54) is 30.6 Å². The van der Waals surface area contributed by atoms with Gasteiger partial charge < -0.3 is 19.9 Å². The van der Waals surface area contributed by atoms with E-state index in [1.54, 1.807) is 6.07 Å². The average molecular weight is 489 g/mol. The minimum atomic E-state index is -0.541. The minimum Gasteiger partial charge on any atom is -0.487 e. The van der Waals surface area contributed by atoms with Gasteiger partial charge >= 0.3 is 5.69 Å². The summed E-state index contributed by atoms with van der Waals surface area (Å²) in [5.74, 6) is -0.0311. The number of halogens is 2. The molecule has 0 amide bonds. The molecule has 2 aromatic carbocycles. The van der Waals surface area contributed by atoms with Crippen LogP contribution in [0.1, 0.15) is 12.8 Å². The van der Waals surface area contributed by atoms with E-state index in [-0.39, 0.29) is 16.5 Å². The maximum Gasteiger partial charge on any atom is 0.311 e. The number of nitrogens with zero attached hydrogens (tertiary/aromatic N) is 5. The van der Waals surface area contributed by atoms with Crippen molar-refractivity contribution >= 4 is 39.7 Å². The Labute approximate surface area is 201 Å². The Hall–Kier alpha value is -3.08. The second-order valence-electron chi connectivity index (χ2n) is 8.27. The smallest absolute Gasteiger partial charge is 0.311 e. The first kappa shape index (κ1) is 24.1. The van der Waals surface area contributed by atoms with E-state index in [4.69, 9.17) is 16.3 Å². The number of nitrogens with one attached hydrogen (secondary N) is 1. The highest BCUT2D eigenvalue weighted by molar-refractivity contribution is 6.31. The van der Waals surface area contributed by atoms with Crippen molar-refractivity contribution in [1.82, 2.24) is 19.8 Å². The van der Waals surface area contributed by atoms with Crippen molar-refractivity contribution in [3.8, 4) is 5.75 Å². The molecule has 2 heterocycles. The zero-order chi connectivity index (χ0) is 24.1. The molecule has 1 aliphatic heterocycles. The molecule has 0 atom stereocenters. The van der Waals surface area contributed by atoms with Crippen LogP contribution in [0.3, 0.4) is 0 Å². The molecule has 4 rings (SSSR count). The fourth-order valence-corrected chi connectivity index (χ4v) is 4.12. The first-order valence-electron chi connectivity index (χ1n) is 11.1. The van der Waals surface area contributed by atoms with E-state index in [9.17, 15) is 14.5 Å². The molecule has 3 aromatic rings. The largest absolute Gasteiger partial charge is 0.487 e. The van der Waals surface area contributed by atoms with E-state index in [1.807, 2.05) is 0 Å². The Morgan fingerprint density at radius 1 is 1.21 bits per heavy atom. The van der Waals surface area contributed by atoms with E-state index < -0.39 is 10.7 Å². The second kappa shape index (κ2) is 10.9. The molecule has 9 nitrogen and oxygen atoms in total. The van der Waals surface area contributed by atoms with Crippen molar-refractivity contribution in [2.75, 3.05) is 51.7 Å². The first-order chi connectivity index (χ1) is 16.4. The highest BCUT2D eigenvalue weighted by Crippen LogP contribution is 2.35. The lowest BCUT2D eigenvalue weighted by Gasteiger charge is -2.20. The number of likely N-dealkylation sites (N-methyl/N-ethyl adjacent to an activating group) is 1. The van der Waals surface area contributed by atoms with Crippen LogP contribution in [0.15, 0.2) is 36.7 Å².